The highest BCUT2D eigenvalue weighted by Gasteiger charge is 2.27. The minimum Gasteiger partial charge on any atom is -0.492 e. The predicted molar refractivity (Wildman–Crippen MR) is 111 cm³/mol. The molecular formula is C21H24Cl2N2O2. The molecule has 1 aliphatic rings. The summed E-state index contributed by atoms with van der Waals surface area (Å²) in [4.78, 5) is 15.1. The van der Waals surface area contributed by atoms with E-state index in [9.17, 15) is 4.79 Å². The van der Waals surface area contributed by atoms with Crippen LogP contribution in [0.2, 0.25) is 10.0 Å². The molecular weight excluding hydrogens is 383 g/mol. The van der Waals surface area contributed by atoms with E-state index in [0.717, 1.165) is 30.6 Å². The molecule has 0 aromatic heterocycles. The molecule has 3 rings (SSSR count). The van der Waals surface area contributed by atoms with Crippen LogP contribution in [0.15, 0.2) is 42.5 Å². The van der Waals surface area contributed by atoms with E-state index in [1.54, 1.807) is 0 Å². The number of carbonyl (C=O) groups is 1. The van der Waals surface area contributed by atoms with Gasteiger partial charge in [-0.3, -0.25) is 9.69 Å². The summed E-state index contributed by atoms with van der Waals surface area (Å²) in [6.45, 7) is 4.75. The summed E-state index contributed by atoms with van der Waals surface area (Å²) in [5.74, 6) is 0.649. The molecule has 4 nitrogen and oxygen atoms in total. The SMILES string of the molecule is CCOc1ccccc1NC(=O)C1CCCN(Cc2c(Cl)cccc2Cl)C1. The van der Waals surface area contributed by atoms with Crippen LogP contribution in [0.5, 0.6) is 5.75 Å². The lowest BCUT2D eigenvalue weighted by Gasteiger charge is -2.32. The van der Waals surface area contributed by atoms with Crippen molar-refractivity contribution in [3.63, 3.8) is 0 Å². The molecule has 0 saturated carbocycles. The summed E-state index contributed by atoms with van der Waals surface area (Å²) in [6, 6.07) is 13.1. The molecule has 6 heteroatoms. The fraction of sp³-hybridized carbons (Fsp3) is 0.381. The molecule has 1 aliphatic heterocycles. The number of nitrogens with one attached hydrogen (secondary N) is 1. The molecule has 27 heavy (non-hydrogen) atoms. The number of likely N-dealkylation sites (tertiary alicyclic amines) is 1. The number of ether oxygens (including phenoxy) is 1. The monoisotopic (exact) mass is 406 g/mol. The van der Waals surface area contributed by atoms with Crippen LogP contribution in [-0.2, 0) is 11.3 Å². The van der Waals surface area contributed by atoms with E-state index in [4.69, 9.17) is 27.9 Å². The van der Waals surface area contributed by atoms with Gasteiger partial charge in [0.2, 0.25) is 5.91 Å². The van der Waals surface area contributed by atoms with Gasteiger partial charge in [-0.1, -0.05) is 41.4 Å². The second kappa shape index (κ2) is 9.45. The molecule has 0 spiro atoms. The maximum atomic E-state index is 12.8. The lowest BCUT2D eigenvalue weighted by molar-refractivity contribution is -0.121. The van der Waals surface area contributed by atoms with Crippen molar-refractivity contribution < 1.29 is 9.53 Å². The highest BCUT2D eigenvalue weighted by molar-refractivity contribution is 6.35. The van der Waals surface area contributed by atoms with Crippen molar-refractivity contribution in [3.05, 3.63) is 58.1 Å². The summed E-state index contributed by atoms with van der Waals surface area (Å²) in [5, 5.41) is 4.36. The van der Waals surface area contributed by atoms with Crippen LogP contribution in [0.3, 0.4) is 0 Å². The average Bonchev–Trinajstić information content (AvgIpc) is 2.67. The number of carbonyl (C=O) groups excluding carboxylic acids is 1. The highest BCUT2D eigenvalue weighted by Crippen LogP contribution is 2.29. The number of hydrogen-bond donors (Lipinski definition) is 1. The zero-order valence-electron chi connectivity index (χ0n) is 15.4. The van der Waals surface area contributed by atoms with Crippen LogP contribution in [0.1, 0.15) is 25.3 Å². The van der Waals surface area contributed by atoms with Crippen molar-refractivity contribution in [2.75, 3.05) is 25.0 Å². The van der Waals surface area contributed by atoms with Crippen LogP contribution in [0.25, 0.3) is 0 Å². The quantitative estimate of drug-likeness (QED) is 0.712. The van der Waals surface area contributed by atoms with Crippen molar-refractivity contribution in [2.24, 2.45) is 5.92 Å². The van der Waals surface area contributed by atoms with Gasteiger partial charge in [0.1, 0.15) is 5.75 Å². The Morgan fingerprint density at radius 3 is 2.67 bits per heavy atom. The van der Waals surface area contributed by atoms with Crippen LogP contribution < -0.4 is 10.1 Å². The van der Waals surface area contributed by atoms with Gasteiger partial charge >= 0.3 is 0 Å². The van der Waals surface area contributed by atoms with E-state index in [1.807, 2.05) is 49.4 Å². The van der Waals surface area contributed by atoms with E-state index in [-0.39, 0.29) is 11.8 Å². The lowest BCUT2D eigenvalue weighted by Crippen LogP contribution is -2.40. The fourth-order valence-corrected chi connectivity index (χ4v) is 3.92. The van der Waals surface area contributed by atoms with Gasteiger partial charge in [-0.15, -0.1) is 0 Å². The Labute approximate surface area is 170 Å². The maximum absolute atomic E-state index is 12.8. The molecule has 2 aromatic rings. The summed E-state index contributed by atoms with van der Waals surface area (Å²) in [6.07, 6.45) is 1.84. The molecule has 2 aromatic carbocycles. The van der Waals surface area contributed by atoms with Gasteiger partial charge in [0.25, 0.3) is 0 Å². The number of nitrogens with zero attached hydrogens (tertiary/aromatic N) is 1. The van der Waals surface area contributed by atoms with E-state index < -0.39 is 0 Å². The number of piperidine rings is 1. The topological polar surface area (TPSA) is 41.6 Å². The number of rotatable bonds is 6. The van der Waals surface area contributed by atoms with Gasteiger partial charge in [0.05, 0.1) is 18.2 Å². The van der Waals surface area contributed by atoms with Crippen molar-refractivity contribution in [3.8, 4) is 5.75 Å². The molecule has 1 unspecified atom stereocenters. The highest BCUT2D eigenvalue weighted by atomic mass is 35.5. The Morgan fingerprint density at radius 2 is 1.93 bits per heavy atom. The number of para-hydroxylation sites is 2. The smallest absolute Gasteiger partial charge is 0.228 e. The van der Waals surface area contributed by atoms with Crippen molar-refractivity contribution in [2.45, 2.75) is 26.3 Å². The second-order valence-electron chi connectivity index (χ2n) is 6.69. The molecule has 0 bridgehead atoms. The Balaban J connectivity index is 1.65. The van der Waals surface area contributed by atoms with Crippen molar-refractivity contribution in [1.29, 1.82) is 0 Å². The van der Waals surface area contributed by atoms with Gasteiger partial charge in [0, 0.05) is 28.7 Å². The summed E-state index contributed by atoms with van der Waals surface area (Å²) in [5.41, 5.74) is 1.64. The van der Waals surface area contributed by atoms with E-state index in [0.29, 0.717) is 35.5 Å². The molecule has 0 aliphatic carbocycles. The average molecular weight is 407 g/mol. The molecule has 1 fully saturated rings. The third kappa shape index (κ3) is 5.16. The van der Waals surface area contributed by atoms with Crippen LogP contribution >= 0.6 is 23.2 Å². The molecule has 1 atom stereocenters. The predicted octanol–water partition coefficient (Wildman–Crippen LogP) is 5.24. The normalized spacial score (nSPS) is 17.5. The number of amides is 1. The summed E-state index contributed by atoms with van der Waals surface area (Å²) < 4.78 is 5.60. The zero-order chi connectivity index (χ0) is 19.2. The lowest BCUT2D eigenvalue weighted by atomic mass is 9.96. The van der Waals surface area contributed by atoms with Gasteiger partial charge in [-0.2, -0.15) is 0 Å². The van der Waals surface area contributed by atoms with Crippen molar-refractivity contribution >= 4 is 34.8 Å². The molecule has 1 heterocycles. The van der Waals surface area contributed by atoms with Gasteiger partial charge < -0.3 is 10.1 Å². The Kier molecular flexibility index (Phi) is 7.00. The fourth-order valence-electron chi connectivity index (χ4n) is 3.41. The first-order valence-electron chi connectivity index (χ1n) is 9.26. The number of benzene rings is 2. The van der Waals surface area contributed by atoms with E-state index in [2.05, 4.69) is 10.2 Å². The largest absolute Gasteiger partial charge is 0.492 e. The first-order chi connectivity index (χ1) is 13.1. The van der Waals surface area contributed by atoms with Gasteiger partial charge in [-0.05, 0) is 50.6 Å². The second-order valence-corrected chi connectivity index (χ2v) is 7.51. The third-order valence-corrected chi connectivity index (χ3v) is 5.47. The molecule has 0 radical (unpaired) electrons. The van der Waals surface area contributed by atoms with Crippen LogP contribution in [0.4, 0.5) is 5.69 Å². The zero-order valence-corrected chi connectivity index (χ0v) is 16.9. The minimum atomic E-state index is -0.0744. The number of hydrogen-bond acceptors (Lipinski definition) is 3. The van der Waals surface area contributed by atoms with E-state index in [1.165, 1.54) is 0 Å². The summed E-state index contributed by atoms with van der Waals surface area (Å²) in [7, 11) is 0. The Hall–Kier alpha value is -1.75. The summed E-state index contributed by atoms with van der Waals surface area (Å²) >= 11 is 12.6. The number of anilines is 1. The standard InChI is InChI=1S/C21H24Cl2N2O2/c1-2-27-20-11-4-3-10-19(20)24-21(26)15-7-6-12-25(13-15)14-16-17(22)8-5-9-18(16)23/h3-5,8-11,15H,2,6-7,12-14H2,1H3,(H,24,26). The molecule has 144 valence electrons. The third-order valence-electron chi connectivity index (χ3n) is 4.76. The molecule has 1 N–H and O–H groups in total. The van der Waals surface area contributed by atoms with Gasteiger partial charge in [-0.25, -0.2) is 0 Å². The molecule has 1 amide bonds. The number of halogens is 2. The van der Waals surface area contributed by atoms with E-state index >= 15 is 0 Å². The first kappa shape index (κ1) is 20.0. The van der Waals surface area contributed by atoms with Crippen LogP contribution in [-0.4, -0.2) is 30.5 Å². The Morgan fingerprint density at radius 1 is 1.19 bits per heavy atom. The first-order valence-corrected chi connectivity index (χ1v) is 10.0. The van der Waals surface area contributed by atoms with Crippen LogP contribution in [0, 0.1) is 5.92 Å². The van der Waals surface area contributed by atoms with Gasteiger partial charge in [0.15, 0.2) is 0 Å². The minimum absolute atomic E-state index is 0.0251. The molecule has 1 saturated heterocycles. The maximum Gasteiger partial charge on any atom is 0.228 e. The Bertz CT molecular complexity index is 777. The van der Waals surface area contributed by atoms with Crippen molar-refractivity contribution in [1.82, 2.24) is 4.90 Å².